The van der Waals surface area contributed by atoms with Crippen LogP contribution in [-0.4, -0.2) is 9.03 Å². The molecule has 0 atom stereocenters. The molecule has 2 nitrogen and oxygen atoms in total. The molecule has 0 amide bonds. The second-order valence-corrected chi connectivity index (χ2v) is 6.46. The second-order valence-electron chi connectivity index (χ2n) is 2.34. The smallest absolute Gasteiger partial charge is 0.281 e. The third-order valence-corrected chi connectivity index (χ3v) is 4.84. The number of halogens is 4. The fourth-order valence-electron chi connectivity index (χ4n) is 1.05. The van der Waals surface area contributed by atoms with E-state index in [-0.39, 0.29) is 5.78 Å². The number of ketones is 1. The van der Waals surface area contributed by atoms with Crippen LogP contribution in [0.2, 0.25) is 0 Å². The minimum absolute atomic E-state index is 0.203. The van der Waals surface area contributed by atoms with E-state index in [1.165, 1.54) is 22.6 Å². The topological polar surface area (TPSA) is 34.1 Å². The summed E-state index contributed by atoms with van der Waals surface area (Å²) < 4.78 is 1.83. The van der Waals surface area contributed by atoms with Gasteiger partial charge in [-0.2, -0.15) is 0 Å². The molecule has 0 heterocycles. The van der Waals surface area contributed by atoms with Gasteiger partial charge in [0.1, 0.15) is 0 Å². The van der Waals surface area contributed by atoms with Crippen LogP contribution in [0.25, 0.3) is 0 Å². The van der Waals surface area contributed by atoms with Crippen LogP contribution in [0, 0.1) is 0 Å². The zero-order chi connectivity index (χ0) is 10.9. The van der Waals surface area contributed by atoms with E-state index >= 15 is 0 Å². The van der Waals surface area contributed by atoms with Crippen molar-refractivity contribution in [1.29, 1.82) is 0 Å². The number of hydrogen-bond donors (Lipinski definition) is 0. The molecule has 0 spiro atoms. The maximum absolute atomic E-state index is 11.2. The molecular formula is C8H2ClI3O2. The molecule has 2 rings (SSSR count). The first-order valence-electron chi connectivity index (χ1n) is 3.32. The van der Waals surface area contributed by atoms with Crippen molar-refractivity contribution < 1.29 is 9.59 Å². The number of carbonyl (C=O) groups excluding carboxylic acids is 2. The molecule has 0 aromatic carbocycles. The van der Waals surface area contributed by atoms with Crippen LogP contribution in [0.4, 0.5) is 4.79 Å². The fourth-order valence-corrected chi connectivity index (χ4v) is 2.48. The molecule has 2 aliphatic rings. The van der Waals surface area contributed by atoms with E-state index in [1.807, 2.05) is 12.2 Å². The van der Waals surface area contributed by atoms with E-state index < -0.39 is 3.25 Å². The lowest BCUT2D eigenvalue weighted by Gasteiger charge is -1.93. The molecule has 2 aliphatic carbocycles. The molecule has 0 radical (unpaired) electrons. The summed E-state index contributed by atoms with van der Waals surface area (Å²) in [5, 5.41) is 0. The quantitative estimate of drug-likeness (QED) is 0.336. The van der Waals surface area contributed by atoms with E-state index in [1.54, 1.807) is 0 Å². The number of carbonyl (C=O) groups is 2. The zero-order valence-electron chi connectivity index (χ0n) is 6.48. The van der Waals surface area contributed by atoms with Gasteiger partial charge in [0.25, 0.3) is 3.25 Å². The molecule has 0 unspecified atom stereocenters. The monoisotopic (exact) mass is 546 g/mol. The van der Waals surface area contributed by atoms with Crippen molar-refractivity contribution in [2.75, 3.05) is 0 Å². The summed E-state index contributed by atoms with van der Waals surface area (Å²) >= 11 is 10.5. The lowest BCUT2D eigenvalue weighted by Crippen LogP contribution is -1.89. The van der Waals surface area contributed by atoms with Gasteiger partial charge in [-0.1, -0.05) is 0 Å². The molecule has 0 saturated carbocycles. The highest BCUT2D eigenvalue weighted by atomic mass is 127. The first-order valence-corrected chi connectivity index (χ1v) is 6.94. The highest BCUT2D eigenvalue weighted by Crippen LogP contribution is 2.42. The summed E-state index contributed by atoms with van der Waals surface area (Å²) in [7, 11) is 0. The number of Topliss-reactive ketones (excluding diaryl/α,β-unsaturated/α-hetero) is 1. The van der Waals surface area contributed by atoms with Gasteiger partial charge in [-0.25, -0.2) is 0 Å². The largest absolute Gasteiger partial charge is 0.289 e. The van der Waals surface area contributed by atoms with Gasteiger partial charge < -0.3 is 0 Å². The lowest BCUT2D eigenvalue weighted by molar-refractivity contribution is -0.111. The number of allylic oxidation sites excluding steroid dienone is 6. The maximum atomic E-state index is 11.2. The Morgan fingerprint density at radius 1 is 1.14 bits per heavy atom. The Labute approximate surface area is 127 Å². The normalized spacial score (nSPS) is 17.6. The molecule has 0 fully saturated rings. The van der Waals surface area contributed by atoms with Crippen molar-refractivity contribution in [3.63, 3.8) is 0 Å². The van der Waals surface area contributed by atoms with Crippen LogP contribution in [0.5, 0.6) is 0 Å². The molecule has 14 heavy (non-hydrogen) atoms. The Hall–Kier alpha value is 1.04. The highest BCUT2D eigenvalue weighted by molar-refractivity contribution is 14.1. The minimum Gasteiger partial charge on any atom is -0.289 e. The van der Waals surface area contributed by atoms with Crippen molar-refractivity contribution in [2.45, 2.75) is 0 Å². The van der Waals surface area contributed by atoms with Gasteiger partial charge in [0.15, 0.2) is 5.78 Å². The maximum Gasteiger partial charge on any atom is 0.281 e. The van der Waals surface area contributed by atoms with Gasteiger partial charge in [-0.15, -0.1) is 0 Å². The number of hydrogen-bond acceptors (Lipinski definition) is 2. The number of rotatable bonds is 0. The molecule has 0 aromatic rings. The van der Waals surface area contributed by atoms with E-state index in [0.29, 0.717) is 0 Å². The Morgan fingerprint density at radius 3 is 1.57 bits per heavy atom. The van der Waals surface area contributed by atoms with Crippen molar-refractivity contribution >= 4 is 88.4 Å². The van der Waals surface area contributed by atoms with Crippen LogP contribution in [0.1, 0.15) is 0 Å². The zero-order valence-corrected chi connectivity index (χ0v) is 13.7. The summed E-state index contributed by atoms with van der Waals surface area (Å²) in [5.41, 5.74) is 1.75. The second kappa shape index (κ2) is 5.39. The summed E-state index contributed by atoms with van der Waals surface area (Å²) in [6.07, 6.45) is 3.78. The third kappa shape index (κ3) is 2.79. The Balaban J connectivity index is 0.000000213. The minimum atomic E-state index is -0.391. The molecular weight excluding hydrogens is 544 g/mol. The van der Waals surface area contributed by atoms with Crippen LogP contribution in [-0.2, 0) is 4.79 Å². The standard InChI is InChI=1S/C7H2I2O.CClIO/c8-5-3-1-2-4(6(5)9)7(3)10;2-1(3)4/h1-2H;. The van der Waals surface area contributed by atoms with Crippen molar-refractivity contribution in [1.82, 2.24) is 0 Å². The van der Waals surface area contributed by atoms with Crippen molar-refractivity contribution in [2.24, 2.45) is 0 Å². The predicted molar refractivity (Wildman–Crippen MR) is 81.5 cm³/mol. The average molecular weight is 546 g/mol. The molecule has 0 saturated heterocycles. The van der Waals surface area contributed by atoms with E-state index in [4.69, 9.17) is 0 Å². The van der Waals surface area contributed by atoms with Gasteiger partial charge >= 0.3 is 0 Å². The highest BCUT2D eigenvalue weighted by Gasteiger charge is 2.30. The van der Waals surface area contributed by atoms with Crippen LogP contribution in [0.15, 0.2) is 30.5 Å². The average Bonchev–Trinajstić information content (AvgIpc) is 2.50. The molecule has 74 valence electrons. The van der Waals surface area contributed by atoms with Crippen molar-refractivity contribution in [3.8, 4) is 0 Å². The van der Waals surface area contributed by atoms with Crippen LogP contribution < -0.4 is 0 Å². The van der Waals surface area contributed by atoms with Crippen LogP contribution >= 0.6 is 79.4 Å². The third-order valence-electron chi connectivity index (χ3n) is 1.57. The molecule has 2 bridgehead atoms. The van der Waals surface area contributed by atoms with E-state index in [9.17, 15) is 9.59 Å². The first-order chi connectivity index (χ1) is 6.45. The summed E-state index contributed by atoms with van der Waals surface area (Å²) in [5.74, 6) is 0.203. The first kappa shape index (κ1) is 13.1. The summed E-state index contributed by atoms with van der Waals surface area (Å²) in [6.45, 7) is 0. The van der Waals surface area contributed by atoms with Gasteiger partial charge in [0.2, 0.25) is 0 Å². The van der Waals surface area contributed by atoms with Gasteiger partial charge in [0.05, 0.1) is 0 Å². The summed E-state index contributed by atoms with van der Waals surface area (Å²) in [6, 6.07) is 0. The van der Waals surface area contributed by atoms with Crippen LogP contribution in [0.3, 0.4) is 0 Å². The van der Waals surface area contributed by atoms with Gasteiger partial charge in [-0.3, -0.25) is 9.59 Å². The Morgan fingerprint density at radius 2 is 1.43 bits per heavy atom. The SMILES string of the molecule is O=C(Cl)I.O=C1C2=C(I)C(I)=C1C=C2. The molecule has 0 aliphatic heterocycles. The Kier molecular flexibility index (Phi) is 5.05. The Bertz CT molecular complexity index is 373. The predicted octanol–water partition coefficient (Wildman–Crippen LogP) is 4.30. The summed E-state index contributed by atoms with van der Waals surface area (Å²) in [4.78, 5) is 20.4. The molecule has 6 heteroatoms. The van der Waals surface area contributed by atoms with Crippen molar-refractivity contribution in [3.05, 3.63) is 30.5 Å². The molecule has 0 N–H and O–H groups in total. The fraction of sp³-hybridized carbons (Fsp3) is 0. The van der Waals surface area contributed by atoms with E-state index in [2.05, 4.69) is 56.8 Å². The van der Waals surface area contributed by atoms with Gasteiger partial charge in [0, 0.05) is 40.9 Å². The lowest BCUT2D eigenvalue weighted by atomic mass is 10.2. The van der Waals surface area contributed by atoms with Gasteiger partial charge in [-0.05, 0) is 68.9 Å². The molecule has 0 aromatic heterocycles. The number of fused-ring (bicyclic) bond motifs is 2. The van der Waals surface area contributed by atoms with E-state index in [0.717, 1.165) is 18.3 Å².